The van der Waals surface area contributed by atoms with Gasteiger partial charge in [-0.2, -0.15) is 0 Å². The highest BCUT2D eigenvalue weighted by molar-refractivity contribution is 5.75. The van der Waals surface area contributed by atoms with Crippen LogP contribution in [0.25, 0.3) is 0 Å². The second kappa shape index (κ2) is 11.5. The zero-order valence-corrected chi connectivity index (χ0v) is 12.2. The minimum absolute atomic E-state index is 0.0966. The van der Waals surface area contributed by atoms with Crippen LogP contribution < -0.4 is 10.6 Å². The zero-order valence-electron chi connectivity index (χ0n) is 12.2. The number of hydrogen-bond acceptors (Lipinski definition) is 3. The van der Waals surface area contributed by atoms with Crippen LogP contribution in [0.1, 0.15) is 39.2 Å². The predicted octanol–water partition coefficient (Wildman–Crippen LogP) is 2.92. The van der Waals surface area contributed by atoms with Crippen LogP contribution >= 0.6 is 0 Å². The molecule has 0 saturated carbocycles. The molecule has 1 aromatic rings. The summed E-state index contributed by atoms with van der Waals surface area (Å²) >= 11 is 0. The average molecular weight is 266 g/mol. The molecule has 0 saturated heterocycles. The Bertz CT molecular complexity index is 350. The van der Waals surface area contributed by atoms with E-state index in [-0.39, 0.29) is 5.75 Å². The summed E-state index contributed by atoms with van der Waals surface area (Å²) in [7, 11) is 0. The molecular weight excluding hydrogens is 240 g/mol. The van der Waals surface area contributed by atoms with Crippen LogP contribution in [-0.2, 0) is 11.2 Å². The van der Waals surface area contributed by atoms with Crippen molar-refractivity contribution < 1.29 is 9.90 Å². The molecule has 0 spiro atoms. The molecule has 4 heteroatoms. The minimum atomic E-state index is 0.0966. The SMILES string of the molecule is CCCCNCC.CCc1ccc(O)c(NC=O)c1. The van der Waals surface area contributed by atoms with Gasteiger partial charge in [-0.05, 0) is 43.6 Å². The lowest BCUT2D eigenvalue weighted by molar-refractivity contribution is -0.105. The second-order valence-electron chi connectivity index (χ2n) is 4.17. The summed E-state index contributed by atoms with van der Waals surface area (Å²) in [4.78, 5) is 10.1. The number of anilines is 1. The van der Waals surface area contributed by atoms with Crippen LogP contribution in [-0.4, -0.2) is 24.6 Å². The lowest BCUT2D eigenvalue weighted by atomic mass is 10.1. The number of aromatic hydroxyl groups is 1. The molecule has 4 nitrogen and oxygen atoms in total. The van der Waals surface area contributed by atoms with Crippen LogP contribution in [0.5, 0.6) is 5.75 Å². The van der Waals surface area contributed by atoms with Crippen molar-refractivity contribution in [1.29, 1.82) is 0 Å². The number of unbranched alkanes of at least 4 members (excludes halogenated alkanes) is 1. The van der Waals surface area contributed by atoms with Crippen molar-refractivity contribution in [2.75, 3.05) is 18.4 Å². The molecule has 19 heavy (non-hydrogen) atoms. The standard InChI is InChI=1S/C9H11NO2.C6H15N/c1-2-7-3-4-9(12)8(5-7)10-6-11;1-3-5-6-7-4-2/h3-6,12H,2H2,1H3,(H,10,11);7H,3-6H2,1-2H3. The Balaban J connectivity index is 0.000000399. The highest BCUT2D eigenvalue weighted by Crippen LogP contribution is 2.23. The summed E-state index contributed by atoms with van der Waals surface area (Å²) in [6, 6.07) is 5.15. The number of carbonyl (C=O) groups excluding carboxylic acids is 1. The van der Waals surface area contributed by atoms with Gasteiger partial charge in [0.2, 0.25) is 6.41 Å². The number of phenolic OH excluding ortho intramolecular Hbond substituents is 1. The molecule has 1 aromatic carbocycles. The third kappa shape index (κ3) is 8.21. The van der Waals surface area contributed by atoms with Crippen molar-refractivity contribution >= 4 is 12.1 Å². The average Bonchev–Trinajstić information content (AvgIpc) is 2.43. The molecule has 0 aliphatic heterocycles. The predicted molar refractivity (Wildman–Crippen MR) is 80.6 cm³/mol. The summed E-state index contributed by atoms with van der Waals surface area (Å²) in [5, 5.41) is 14.9. The molecule has 0 unspecified atom stereocenters. The van der Waals surface area contributed by atoms with Crippen LogP contribution in [0.2, 0.25) is 0 Å². The normalized spacial score (nSPS) is 9.42. The summed E-state index contributed by atoms with van der Waals surface area (Å²) in [6.45, 7) is 8.65. The van der Waals surface area contributed by atoms with Gasteiger partial charge in [0.25, 0.3) is 0 Å². The highest BCUT2D eigenvalue weighted by atomic mass is 16.3. The molecule has 0 atom stereocenters. The molecule has 0 aliphatic rings. The Morgan fingerprint density at radius 3 is 2.53 bits per heavy atom. The number of nitrogens with one attached hydrogen (secondary N) is 2. The number of amides is 1. The van der Waals surface area contributed by atoms with Crippen LogP contribution in [0, 0.1) is 0 Å². The van der Waals surface area contributed by atoms with Gasteiger partial charge in [-0.3, -0.25) is 4.79 Å². The van der Waals surface area contributed by atoms with E-state index < -0.39 is 0 Å². The Hall–Kier alpha value is -1.55. The molecule has 1 rings (SSSR count). The zero-order chi connectivity index (χ0) is 14.5. The van der Waals surface area contributed by atoms with Gasteiger partial charge in [-0.1, -0.05) is 33.3 Å². The molecule has 0 fully saturated rings. The Morgan fingerprint density at radius 1 is 1.26 bits per heavy atom. The number of carbonyl (C=O) groups is 1. The van der Waals surface area contributed by atoms with Gasteiger partial charge < -0.3 is 15.7 Å². The van der Waals surface area contributed by atoms with Gasteiger partial charge in [0.15, 0.2) is 0 Å². The number of phenols is 1. The molecule has 0 bridgehead atoms. The van der Waals surface area contributed by atoms with E-state index in [9.17, 15) is 9.90 Å². The summed E-state index contributed by atoms with van der Waals surface area (Å²) in [5.41, 5.74) is 1.54. The quantitative estimate of drug-likeness (QED) is 0.404. The molecular formula is C15H26N2O2. The largest absolute Gasteiger partial charge is 0.506 e. The maximum atomic E-state index is 10.1. The number of aryl methyl sites for hydroxylation is 1. The van der Waals surface area contributed by atoms with E-state index in [0.717, 1.165) is 18.5 Å². The fraction of sp³-hybridized carbons (Fsp3) is 0.533. The Kier molecular flexibility index (Phi) is 10.6. The van der Waals surface area contributed by atoms with Gasteiger partial charge in [0, 0.05) is 0 Å². The third-order valence-corrected chi connectivity index (χ3v) is 2.64. The van der Waals surface area contributed by atoms with Crippen molar-refractivity contribution in [3.63, 3.8) is 0 Å². The van der Waals surface area contributed by atoms with E-state index in [4.69, 9.17) is 0 Å². The first-order chi connectivity index (χ1) is 9.19. The minimum Gasteiger partial charge on any atom is -0.506 e. The first kappa shape index (κ1) is 17.4. The van der Waals surface area contributed by atoms with E-state index in [0.29, 0.717) is 12.1 Å². The van der Waals surface area contributed by atoms with E-state index >= 15 is 0 Å². The maximum Gasteiger partial charge on any atom is 0.211 e. The molecule has 108 valence electrons. The molecule has 1 amide bonds. The van der Waals surface area contributed by atoms with Gasteiger partial charge in [-0.15, -0.1) is 0 Å². The van der Waals surface area contributed by atoms with Crippen LogP contribution in [0.3, 0.4) is 0 Å². The van der Waals surface area contributed by atoms with Crippen molar-refractivity contribution in [3.8, 4) is 5.75 Å². The topological polar surface area (TPSA) is 61.4 Å². The molecule has 0 aromatic heterocycles. The molecule has 0 heterocycles. The highest BCUT2D eigenvalue weighted by Gasteiger charge is 1.99. The first-order valence-corrected chi connectivity index (χ1v) is 6.92. The van der Waals surface area contributed by atoms with E-state index in [1.54, 1.807) is 12.1 Å². The monoisotopic (exact) mass is 266 g/mol. The van der Waals surface area contributed by atoms with Gasteiger partial charge in [0.05, 0.1) is 5.69 Å². The van der Waals surface area contributed by atoms with Crippen LogP contribution in [0.4, 0.5) is 5.69 Å². The molecule has 0 radical (unpaired) electrons. The van der Waals surface area contributed by atoms with E-state index in [1.165, 1.54) is 19.4 Å². The molecule has 3 N–H and O–H groups in total. The van der Waals surface area contributed by atoms with Crippen molar-refractivity contribution in [1.82, 2.24) is 5.32 Å². The second-order valence-corrected chi connectivity index (χ2v) is 4.17. The Morgan fingerprint density at radius 2 is 2.00 bits per heavy atom. The Labute approximate surface area is 116 Å². The molecule has 0 aliphatic carbocycles. The maximum absolute atomic E-state index is 10.1. The first-order valence-electron chi connectivity index (χ1n) is 6.92. The lowest BCUT2D eigenvalue weighted by Crippen LogP contribution is -2.13. The summed E-state index contributed by atoms with van der Waals surface area (Å²) in [6.07, 6.45) is 4.04. The third-order valence-electron chi connectivity index (χ3n) is 2.64. The summed E-state index contributed by atoms with van der Waals surface area (Å²) in [5.74, 6) is 0.0966. The fourth-order valence-electron chi connectivity index (χ4n) is 1.46. The lowest BCUT2D eigenvalue weighted by Gasteiger charge is -2.03. The fourth-order valence-corrected chi connectivity index (χ4v) is 1.46. The van der Waals surface area contributed by atoms with E-state index in [1.807, 2.05) is 13.0 Å². The van der Waals surface area contributed by atoms with Gasteiger partial charge >= 0.3 is 0 Å². The number of hydrogen-bond donors (Lipinski definition) is 3. The van der Waals surface area contributed by atoms with Crippen molar-refractivity contribution in [3.05, 3.63) is 23.8 Å². The van der Waals surface area contributed by atoms with Crippen molar-refractivity contribution in [2.45, 2.75) is 40.0 Å². The smallest absolute Gasteiger partial charge is 0.211 e. The summed E-state index contributed by atoms with van der Waals surface area (Å²) < 4.78 is 0. The van der Waals surface area contributed by atoms with E-state index in [2.05, 4.69) is 24.5 Å². The van der Waals surface area contributed by atoms with Crippen LogP contribution in [0.15, 0.2) is 18.2 Å². The van der Waals surface area contributed by atoms with Crippen molar-refractivity contribution in [2.24, 2.45) is 0 Å². The van der Waals surface area contributed by atoms with Gasteiger partial charge in [-0.25, -0.2) is 0 Å². The van der Waals surface area contributed by atoms with Gasteiger partial charge in [0.1, 0.15) is 5.75 Å². The number of benzene rings is 1. The number of rotatable bonds is 7.